The lowest BCUT2D eigenvalue weighted by Gasteiger charge is -2.04. The van der Waals surface area contributed by atoms with Gasteiger partial charge in [-0.3, -0.25) is 25.0 Å². The summed E-state index contributed by atoms with van der Waals surface area (Å²) in [6, 6.07) is 9.87. The van der Waals surface area contributed by atoms with Crippen LogP contribution in [0.5, 0.6) is 0 Å². The van der Waals surface area contributed by atoms with Crippen LogP contribution in [-0.2, 0) is 0 Å². The van der Waals surface area contributed by atoms with Crippen LogP contribution in [0.3, 0.4) is 0 Å². The first kappa shape index (κ1) is 18.2. The molecule has 0 heterocycles. The number of nitrogens with one attached hydrogen (secondary N) is 1. The second-order valence-corrected chi connectivity index (χ2v) is 5.81. The summed E-state index contributed by atoms with van der Waals surface area (Å²) in [5.74, 6) is -0.789. The summed E-state index contributed by atoms with van der Waals surface area (Å²) in [7, 11) is 0. The van der Waals surface area contributed by atoms with Crippen LogP contribution in [0.1, 0.15) is 22.8 Å². The molecule has 0 aromatic heterocycles. The van der Waals surface area contributed by atoms with Crippen molar-refractivity contribution < 1.29 is 14.6 Å². The Kier molecular flexibility index (Phi) is 5.55. The maximum Gasteiger partial charge on any atom is 0.277 e. The second kappa shape index (κ2) is 7.62. The smallest absolute Gasteiger partial charge is 0.267 e. The van der Waals surface area contributed by atoms with Crippen LogP contribution in [0.2, 0.25) is 0 Å². The van der Waals surface area contributed by atoms with E-state index >= 15 is 0 Å². The van der Waals surface area contributed by atoms with E-state index in [0.717, 1.165) is 28.2 Å². The zero-order chi connectivity index (χ0) is 18.6. The number of non-ortho nitro benzene ring substituents is 2. The highest BCUT2D eigenvalue weighted by Crippen LogP contribution is 2.22. The van der Waals surface area contributed by atoms with E-state index in [9.17, 15) is 25.0 Å². The molecule has 2 aromatic carbocycles. The molecule has 2 rings (SSSR count). The molecule has 9 nitrogen and oxygen atoms in total. The van der Waals surface area contributed by atoms with Gasteiger partial charge in [-0.2, -0.15) is 5.10 Å². The molecule has 0 aliphatic heterocycles. The van der Waals surface area contributed by atoms with Gasteiger partial charge in [0.2, 0.25) is 0 Å². The minimum absolute atomic E-state index is 0.228. The minimum Gasteiger partial charge on any atom is -0.267 e. The second-order valence-electron chi connectivity index (χ2n) is 4.90. The molecule has 10 heteroatoms. The normalized spacial score (nSPS) is 11.0. The van der Waals surface area contributed by atoms with Crippen molar-refractivity contribution in [3.8, 4) is 0 Å². The Morgan fingerprint density at radius 2 is 1.52 bits per heavy atom. The van der Waals surface area contributed by atoms with Crippen molar-refractivity contribution in [1.82, 2.24) is 5.43 Å². The lowest BCUT2D eigenvalue weighted by atomic mass is 10.1. The standard InChI is InChI=1S/C15H11BrN4O5/c1-9(10-2-4-12(16)5-3-10)17-18-15(21)11-6-13(19(22)23)8-14(7-11)20(24)25/h2-8H,1H3,(H,18,21)/b17-9-. The van der Waals surface area contributed by atoms with Crippen LogP contribution in [0, 0.1) is 20.2 Å². The minimum atomic E-state index is -0.805. The van der Waals surface area contributed by atoms with Gasteiger partial charge in [0.05, 0.1) is 27.2 Å². The lowest BCUT2D eigenvalue weighted by Crippen LogP contribution is -2.19. The molecule has 0 aliphatic carbocycles. The van der Waals surface area contributed by atoms with Gasteiger partial charge in [0.15, 0.2) is 0 Å². The fourth-order valence-corrected chi connectivity index (χ4v) is 2.16. The van der Waals surface area contributed by atoms with Crippen molar-refractivity contribution in [2.45, 2.75) is 6.92 Å². The average molecular weight is 407 g/mol. The maximum atomic E-state index is 12.1. The maximum absolute atomic E-state index is 12.1. The molecule has 0 aliphatic rings. The van der Waals surface area contributed by atoms with Gasteiger partial charge in [-0.25, -0.2) is 5.43 Å². The molecule has 2 aromatic rings. The number of amides is 1. The molecule has 0 fully saturated rings. The van der Waals surface area contributed by atoms with Gasteiger partial charge >= 0.3 is 0 Å². The highest BCUT2D eigenvalue weighted by atomic mass is 79.9. The monoisotopic (exact) mass is 406 g/mol. The third-order valence-electron chi connectivity index (χ3n) is 3.17. The first-order valence-corrected chi connectivity index (χ1v) is 7.61. The summed E-state index contributed by atoms with van der Waals surface area (Å²) in [5.41, 5.74) is 2.17. The van der Waals surface area contributed by atoms with E-state index < -0.39 is 27.1 Å². The summed E-state index contributed by atoms with van der Waals surface area (Å²) < 4.78 is 0.886. The van der Waals surface area contributed by atoms with Gasteiger partial charge < -0.3 is 0 Å². The summed E-state index contributed by atoms with van der Waals surface area (Å²) in [6.45, 7) is 1.67. The Morgan fingerprint density at radius 1 is 1.00 bits per heavy atom. The number of hydrazone groups is 1. The van der Waals surface area contributed by atoms with Gasteiger partial charge in [-0.15, -0.1) is 0 Å². The van der Waals surface area contributed by atoms with E-state index in [2.05, 4.69) is 26.5 Å². The van der Waals surface area contributed by atoms with Crippen LogP contribution in [0.25, 0.3) is 0 Å². The Bertz CT molecular complexity index is 848. The zero-order valence-corrected chi connectivity index (χ0v) is 14.4. The molecule has 25 heavy (non-hydrogen) atoms. The molecule has 128 valence electrons. The van der Waals surface area contributed by atoms with E-state index in [0.29, 0.717) is 5.71 Å². The van der Waals surface area contributed by atoms with Crippen LogP contribution < -0.4 is 5.43 Å². The number of carbonyl (C=O) groups is 1. The first-order valence-electron chi connectivity index (χ1n) is 6.82. The molecule has 1 amide bonds. The zero-order valence-electron chi connectivity index (χ0n) is 12.8. The van der Waals surface area contributed by atoms with Crippen molar-refractivity contribution >= 4 is 38.9 Å². The van der Waals surface area contributed by atoms with E-state index in [-0.39, 0.29) is 5.56 Å². The van der Waals surface area contributed by atoms with E-state index in [1.165, 1.54) is 0 Å². The van der Waals surface area contributed by atoms with Gasteiger partial charge in [-0.05, 0) is 24.6 Å². The number of nitro benzene ring substituents is 2. The molecule has 0 saturated heterocycles. The summed E-state index contributed by atoms with van der Waals surface area (Å²) in [4.78, 5) is 32.2. The van der Waals surface area contributed by atoms with E-state index in [1.54, 1.807) is 31.2 Å². The first-order chi connectivity index (χ1) is 11.8. The molecule has 0 saturated carbocycles. The van der Waals surface area contributed by atoms with Crippen LogP contribution in [0.15, 0.2) is 52.0 Å². The highest BCUT2D eigenvalue weighted by Gasteiger charge is 2.19. The molecule has 0 radical (unpaired) electrons. The molecular formula is C15H11BrN4O5. The van der Waals surface area contributed by atoms with Gasteiger partial charge in [0.1, 0.15) is 0 Å². The van der Waals surface area contributed by atoms with Gasteiger partial charge in [0, 0.05) is 16.6 Å². The Balaban J connectivity index is 2.25. The van der Waals surface area contributed by atoms with Crippen LogP contribution in [0.4, 0.5) is 11.4 Å². The Morgan fingerprint density at radius 3 is 2.00 bits per heavy atom. The van der Waals surface area contributed by atoms with Gasteiger partial charge in [0.25, 0.3) is 17.3 Å². The Labute approximate surface area is 149 Å². The van der Waals surface area contributed by atoms with Crippen molar-refractivity contribution in [2.24, 2.45) is 5.10 Å². The molecule has 0 unspecified atom stereocenters. The predicted octanol–water partition coefficient (Wildman–Crippen LogP) is 3.42. The van der Waals surface area contributed by atoms with Crippen LogP contribution in [-0.4, -0.2) is 21.5 Å². The van der Waals surface area contributed by atoms with E-state index in [4.69, 9.17) is 0 Å². The van der Waals surface area contributed by atoms with Gasteiger partial charge in [-0.1, -0.05) is 28.1 Å². The number of benzene rings is 2. The predicted molar refractivity (Wildman–Crippen MR) is 93.6 cm³/mol. The number of halogens is 1. The summed E-state index contributed by atoms with van der Waals surface area (Å²) in [6.07, 6.45) is 0. The highest BCUT2D eigenvalue weighted by molar-refractivity contribution is 9.10. The van der Waals surface area contributed by atoms with Crippen molar-refractivity contribution in [3.63, 3.8) is 0 Å². The Hall–Kier alpha value is -3.14. The third-order valence-corrected chi connectivity index (χ3v) is 3.70. The molecular weight excluding hydrogens is 396 g/mol. The quantitative estimate of drug-likeness (QED) is 0.462. The van der Waals surface area contributed by atoms with Crippen LogP contribution >= 0.6 is 15.9 Å². The molecule has 0 atom stereocenters. The summed E-state index contributed by atoms with van der Waals surface area (Å²) in [5, 5.41) is 25.6. The molecule has 0 spiro atoms. The SMILES string of the molecule is C/C(=N/NC(=O)c1cc([N+](=O)[O-])cc([N+](=O)[O-])c1)c1ccc(Br)cc1. The largest absolute Gasteiger partial charge is 0.277 e. The fourth-order valence-electron chi connectivity index (χ4n) is 1.89. The van der Waals surface area contributed by atoms with E-state index in [1.807, 2.05) is 0 Å². The number of carbonyl (C=O) groups excluding carboxylic acids is 1. The average Bonchev–Trinajstić information content (AvgIpc) is 2.59. The van der Waals surface area contributed by atoms with Crippen molar-refractivity contribution in [1.29, 1.82) is 0 Å². The topological polar surface area (TPSA) is 128 Å². The number of hydrogen-bond acceptors (Lipinski definition) is 6. The lowest BCUT2D eigenvalue weighted by molar-refractivity contribution is -0.394. The number of rotatable bonds is 5. The number of nitro groups is 2. The van der Waals surface area contributed by atoms with Crippen molar-refractivity contribution in [2.75, 3.05) is 0 Å². The molecule has 1 N–H and O–H groups in total. The summed E-state index contributed by atoms with van der Waals surface area (Å²) >= 11 is 3.30. The van der Waals surface area contributed by atoms with Crippen molar-refractivity contribution in [3.05, 3.63) is 78.3 Å². The third kappa shape index (κ3) is 4.67. The molecule has 0 bridgehead atoms. The number of hydrogen-bond donors (Lipinski definition) is 1. The number of nitrogens with zero attached hydrogens (tertiary/aromatic N) is 3. The fraction of sp³-hybridized carbons (Fsp3) is 0.0667.